The number of benzene rings is 2. The van der Waals surface area contributed by atoms with Gasteiger partial charge in [-0.2, -0.15) is 0 Å². The van der Waals surface area contributed by atoms with E-state index in [-0.39, 0.29) is 21.8 Å². The van der Waals surface area contributed by atoms with Crippen molar-refractivity contribution in [1.29, 1.82) is 0 Å². The predicted molar refractivity (Wildman–Crippen MR) is 91.5 cm³/mol. The maximum Gasteiger partial charge on any atom is 0.175 e. The number of rotatable bonds is 3. The fourth-order valence-corrected chi connectivity index (χ4v) is 3.77. The number of hydrogen-bond acceptors (Lipinski definition) is 3. The van der Waals surface area contributed by atoms with Gasteiger partial charge in [0.15, 0.2) is 15.6 Å². The SMILES string of the molecule is CC1(C)C(=O)C(c2cc(F)cc(F)c2)=C1c1ccc(S(C)(=O)=O)cc1. The molecular weight excluding hydrogens is 346 g/mol. The molecule has 0 fully saturated rings. The van der Waals surface area contributed by atoms with Gasteiger partial charge in [-0.15, -0.1) is 0 Å². The maximum atomic E-state index is 13.5. The molecular formula is C19H16F2O3S. The molecule has 0 spiro atoms. The van der Waals surface area contributed by atoms with E-state index in [9.17, 15) is 22.0 Å². The van der Waals surface area contributed by atoms with Crippen LogP contribution in [0.4, 0.5) is 8.78 Å². The third-order valence-corrected chi connectivity index (χ3v) is 5.52. The van der Waals surface area contributed by atoms with Gasteiger partial charge in [0.05, 0.1) is 10.3 Å². The summed E-state index contributed by atoms with van der Waals surface area (Å²) < 4.78 is 50.3. The van der Waals surface area contributed by atoms with Gasteiger partial charge in [0.25, 0.3) is 0 Å². The lowest BCUT2D eigenvalue weighted by Gasteiger charge is -2.39. The van der Waals surface area contributed by atoms with E-state index in [1.165, 1.54) is 12.1 Å². The lowest BCUT2D eigenvalue weighted by Crippen LogP contribution is -2.37. The first kappa shape index (κ1) is 17.5. The number of carbonyl (C=O) groups is 1. The number of halogens is 2. The van der Waals surface area contributed by atoms with Crippen molar-refractivity contribution < 1.29 is 22.0 Å². The maximum absolute atomic E-state index is 13.5. The molecule has 25 heavy (non-hydrogen) atoms. The van der Waals surface area contributed by atoms with Crippen LogP contribution >= 0.6 is 0 Å². The Kier molecular flexibility index (Phi) is 3.91. The van der Waals surface area contributed by atoms with Crippen LogP contribution in [0.3, 0.4) is 0 Å². The van der Waals surface area contributed by atoms with Gasteiger partial charge in [-0.25, -0.2) is 17.2 Å². The minimum absolute atomic E-state index is 0.165. The number of allylic oxidation sites excluding steroid dienone is 2. The van der Waals surface area contributed by atoms with Crippen LogP contribution in [0.1, 0.15) is 25.0 Å². The van der Waals surface area contributed by atoms with Gasteiger partial charge in [-0.05, 0) is 54.8 Å². The molecule has 0 saturated heterocycles. The Morgan fingerprint density at radius 1 is 0.880 bits per heavy atom. The highest BCUT2D eigenvalue weighted by Crippen LogP contribution is 2.52. The minimum Gasteiger partial charge on any atom is -0.293 e. The quantitative estimate of drug-likeness (QED) is 0.832. The third kappa shape index (κ3) is 2.91. The summed E-state index contributed by atoms with van der Waals surface area (Å²) >= 11 is 0. The van der Waals surface area contributed by atoms with Crippen LogP contribution in [0.25, 0.3) is 11.1 Å². The molecule has 0 amide bonds. The van der Waals surface area contributed by atoms with Crippen LogP contribution in [-0.4, -0.2) is 20.5 Å². The molecule has 1 aliphatic carbocycles. The largest absolute Gasteiger partial charge is 0.293 e. The van der Waals surface area contributed by atoms with Crippen LogP contribution in [0.2, 0.25) is 0 Å². The van der Waals surface area contributed by atoms with Gasteiger partial charge < -0.3 is 0 Å². The Bertz CT molecular complexity index is 997. The summed E-state index contributed by atoms with van der Waals surface area (Å²) in [5.74, 6) is -1.72. The molecule has 0 saturated carbocycles. The second-order valence-electron chi connectivity index (χ2n) is 6.66. The van der Waals surface area contributed by atoms with E-state index in [1.807, 2.05) is 0 Å². The van der Waals surface area contributed by atoms with Crippen LogP contribution in [0, 0.1) is 17.0 Å². The Labute approximate surface area is 144 Å². The topological polar surface area (TPSA) is 51.2 Å². The molecule has 6 heteroatoms. The van der Waals surface area contributed by atoms with Crippen molar-refractivity contribution in [1.82, 2.24) is 0 Å². The summed E-state index contributed by atoms with van der Waals surface area (Å²) in [6.07, 6.45) is 1.11. The molecule has 2 aromatic carbocycles. The summed E-state index contributed by atoms with van der Waals surface area (Å²) in [6, 6.07) is 9.12. The normalized spacial score (nSPS) is 16.8. The van der Waals surface area contributed by atoms with Crippen molar-refractivity contribution in [2.75, 3.05) is 6.26 Å². The van der Waals surface area contributed by atoms with Crippen molar-refractivity contribution in [3.8, 4) is 0 Å². The lowest BCUT2D eigenvalue weighted by atomic mass is 9.61. The van der Waals surface area contributed by atoms with Crippen LogP contribution in [0.15, 0.2) is 47.4 Å². The summed E-state index contributed by atoms with van der Waals surface area (Å²) in [5, 5.41) is 0. The zero-order valence-corrected chi connectivity index (χ0v) is 14.7. The van der Waals surface area contributed by atoms with E-state index < -0.39 is 26.9 Å². The molecule has 0 unspecified atom stereocenters. The number of hydrogen-bond donors (Lipinski definition) is 0. The van der Waals surface area contributed by atoms with E-state index in [2.05, 4.69) is 0 Å². The second kappa shape index (κ2) is 5.59. The Balaban J connectivity index is 2.19. The smallest absolute Gasteiger partial charge is 0.175 e. The van der Waals surface area contributed by atoms with Gasteiger partial charge in [-0.3, -0.25) is 4.79 Å². The number of sulfone groups is 1. The van der Waals surface area contributed by atoms with Crippen molar-refractivity contribution in [2.24, 2.45) is 5.41 Å². The molecule has 0 bridgehead atoms. The molecule has 1 aliphatic rings. The number of Topliss-reactive ketones (excluding diaryl/α,β-unsaturated/α-hetero) is 1. The Hall–Kier alpha value is -2.34. The second-order valence-corrected chi connectivity index (χ2v) is 8.67. The molecule has 0 aromatic heterocycles. The van der Waals surface area contributed by atoms with E-state index in [0.717, 1.165) is 24.5 Å². The molecule has 0 atom stereocenters. The fraction of sp³-hybridized carbons (Fsp3) is 0.211. The average molecular weight is 362 g/mol. The van der Waals surface area contributed by atoms with Crippen LogP contribution < -0.4 is 0 Å². The van der Waals surface area contributed by atoms with E-state index in [0.29, 0.717) is 11.1 Å². The van der Waals surface area contributed by atoms with Crippen molar-refractivity contribution in [3.63, 3.8) is 0 Å². The van der Waals surface area contributed by atoms with Gasteiger partial charge >= 0.3 is 0 Å². The monoisotopic (exact) mass is 362 g/mol. The fourth-order valence-electron chi connectivity index (χ4n) is 3.14. The molecule has 3 nitrogen and oxygen atoms in total. The summed E-state index contributed by atoms with van der Waals surface area (Å²) in [4.78, 5) is 12.7. The van der Waals surface area contributed by atoms with Gasteiger partial charge in [0.2, 0.25) is 0 Å². The molecule has 0 radical (unpaired) electrons. The summed E-state index contributed by atoms with van der Waals surface area (Å²) in [5.41, 5.74) is 0.920. The zero-order chi connectivity index (χ0) is 18.6. The van der Waals surface area contributed by atoms with E-state index in [1.54, 1.807) is 26.0 Å². The van der Waals surface area contributed by atoms with E-state index >= 15 is 0 Å². The molecule has 2 aromatic rings. The number of ketones is 1. The van der Waals surface area contributed by atoms with Crippen LogP contribution in [-0.2, 0) is 14.6 Å². The standard InChI is InChI=1S/C19H16F2O3S/c1-19(2)17(11-4-6-15(7-5-11)25(3,23)24)16(18(19)22)12-8-13(20)10-14(21)9-12/h4-10H,1-3H3. The Morgan fingerprint density at radius 2 is 1.40 bits per heavy atom. The molecule has 3 rings (SSSR count). The molecule has 0 heterocycles. The van der Waals surface area contributed by atoms with Gasteiger partial charge in [0.1, 0.15) is 11.6 Å². The van der Waals surface area contributed by atoms with Gasteiger partial charge in [0, 0.05) is 17.9 Å². The molecule has 0 aliphatic heterocycles. The van der Waals surface area contributed by atoms with Crippen LogP contribution in [0.5, 0.6) is 0 Å². The molecule has 0 N–H and O–H groups in total. The molecule has 130 valence electrons. The zero-order valence-electron chi connectivity index (χ0n) is 13.9. The Morgan fingerprint density at radius 3 is 1.88 bits per heavy atom. The van der Waals surface area contributed by atoms with Crippen molar-refractivity contribution in [3.05, 3.63) is 65.2 Å². The highest BCUT2D eigenvalue weighted by Gasteiger charge is 2.47. The highest BCUT2D eigenvalue weighted by atomic mass is 32.2. The predicted octanol–water partition coefficient (Wildman–Crippen LogP) is 3.89. The third-order valence-electron chi connectivity index (χ3n) is 4.39. The first-order valence-corrected chi connectivity index (χ1v) is 9.47. The highest BCUT2D eigenvalue weighted by molar-refractivity contribution is 7.90. The summed E-state index contributed by atoms with van der Waals surface area (Å²) in [7, 11) is -3.33. The first-order valence-electron chi connectivity index (χ1n) is 7.58. The minimum atomic E-state index is -3.33. The number of carbonyl (C=O) groups excluding carboxylic acids is 1. The first-order chi connectivity index (χ1) is 11.5. The van der Waals surface area contributed by atoms with Gasteiger partial charge in [-0.1, -0.05) is 12.1 Å². The van der Waals surface area contributed by atoms with Crippen molar-refractivity contribution in [2.45, 2.75) is 18.7 Å². The van der Waals surface area contributed by atoms with Crippen molar-refractivity contribution >= 4 is 26.8 Å². The summed E-state index contributed by atoms with van der Waals surface area (Å²) in [6.45, 7) is 3.46. The van der Waals surface area contributed by atoms with E-state index in [4.69, 9.17) is 0 Å². The average Bonchev–Trinajstić information content (AvgIpc) is 2.50. The lowest BCUT2D eigenvalue weighted by molar-refractivity contribution is -0.120.